The maximum atomic E-state index is 10.7. The van der Waals surface area contributed by atoms with Crippen molar-refractivity contribution in [3.05, 3.63) is 34.7 Å². The number of carboxylic acids is 1. The number of nitrogens with zero attached hydrogens (tertiary/aromatic N) is 1. The fourth-order valence-electron chi connectivity index (χ4n) is 1.26. The van der Waals surface area contributed by atoms with Crippen molar-refractivity contribution >= 4 is 27.4 Å². The maximum Gasteiger partial charge on any atom is 0.345 e. The molecule has 0 aliphatic rings. The number of rotatable bonds is 1. The zero-order valence-corrected chi connectivity index (χ0v) is 7.84. The van der Waals surface area contributed by atoms with E-state index >= 15 is 0 Å². The minimum Gasteiger partial charge on any atom is -0.477 e. The first kappa shape index (κ1) is 8.73. The molecule has 1 N–H and O–H groups in total. The Balaban J connectivity index is 2.78. The molecular formula is C10H5NO2S. The molecule has 1 heterocycles. The summed E-state index contributed by atoms with van der Waals surface area (Å²) in [6.45, 7) is 0. The van der Waals surface area contributed by atoms with E-state index in [1.807, 2.05) is 12.1 Å². The van der Waals surface area contributed by atoms with Crippen molar-refractivity contribution in [3.8, 4) is 6.07 Å². The number of thiophene rings is 1. The summed E-state index contributed by atoms with van der Waals surface area (Å²) in [5.74, 6) is -0.949. The number of fused-ring (bicyclic) bond motifs is 1. The van der Waals surface area contributed by atoms with Gasteiger partial charge in [0.1, 0.15) is 4.88 Å². The van der Waals surface area contributed by atoms with Crippen molar-refractivity contribution in [1.29, 1.82) is 5.26 Å². The molecule has 2 aromatic rings. The summed E-state index contributed by atoms with van der Waals surface area (Å²) in [4.78, 5) is 11.0. The molecule has 0 radical (unpaired) electrons. The van der Waals surface area contributed by atoms with Crippen LogP contribution in [0.25, 0.3) is 10.1 Å². The standard InChI is InChI=1S/C10H5NO2S/c11-5-6-2-1-3-8-7(6)4-9(14-8)10(12)13/h1-4H,(H,12,13). The van der Waals surface area contributed by atoms with Crippen LogP contribution in [0, 0.1) is 11.3 Å². The summed E-state index contributed by atoms with van der Waals surface area (Å²) in [5.41, 5.74) is 0.520. The Bertz CT molecular complexity index is 551. The van der Waals surface area contributed by atoms with E-state index in [-0.39, 0.29) is 4.88 Å². The molecule has 0 saturated heterocycles. The van der Waals surface area contributed by atoms with Gasteiger partial charge >= 0.3 is 5.97 Å². The zero-order valence-electron chi connectivity index (χ0n) is 7.02. The van der Waals surface area contributed by atoms with Crippen LogP contribution in [-0.2, 0) is 0 Å². The van der Waals surface area contributed by atoms with Crippen molar-refractivity contribution in [2.75, 3.05) is 0 Å². The number of hydrogen-bond acceptors (Lipinski definition) is 3. The van der Waals surface area contributed by atoms with Gasteiger partial charge in [0.2, 0.25) is 0 Å². The van der Waals surface area contributed by atoms with E-state index in [9.17, 15) is 4.79 Å². The van der Waals surface area contributed by atoms with E-state index in [1.165, 1.54) is 11.3 Å². The van der Waals surface area contributed by atoms with Crippen LogP contribution in [0.1, 0.15) is 15.2 Å². The molecule has 0 spiro atoms. The molecule has 0 saturated carbocycles. The Kier molecular flexibility index (Phi) is 1.95. The SMILES string of the molecule is N#Cc1cccc2sc(C(=O)O)cc12. The molecule has 14 heavy (non-hydrogen) atoms. The lowest BCUT2D eigenvalue weighted by Crippen LogP contribution is -1.89. The van der Waals surface area contributed by atoms with Crippen molar-refractivity contribution in [1.82, 2.24) is 0 Å². The van der Waals surface area contributed by atoms with E-state index in [4.69, 9.17) is 10.4 Å². The third-order valence-corrected chi connectivity index (χ3v) is 2.98. The smallest absolute Gasteiger partial charge is 0.345 e. The van der Waals surface area contributed by atoms with Crippen LogP contribution in [0.15, 0.2) is 24.3 Å². The highest BCUT2D eigenvalue weighted by molar-refractivity contribution is 7.20. The van der Waals surface area contributed by atoms with Crippen LogP contribution in [0.2, 0.25) is 0 Å². The van der Waals surface area contributed by atoms with Gasteiger partial charge in [0.25, 0.3) is 0 Å². The predicted molar refractivity (Wildman–Crippen MR) is 53.5 cm³/mol. The van der Waals surface area contributed by atoms with Crippen LogP contribution in [0.3, 0.4) is 0 Å². The number of nitriles is 1. The highest BCUT2D eigenvalue weighted by Gasteiger charge is 2.10. The van der Waals surface area contributed by atoms with Crippen LogP contribution < -0.4 is 0 Å². The van der Waals surface area contributed by atoms with Gasteiger partial charge < -0.3 is 5.11 Å². The van der Waals surface area contributed by atoms with Crippen molar-refractivity contribution in [2.45, 2.75) is 0 Å². The molecule has 1 aromatic carbocycles. The molecule has 1 aromatic heterocycles. The fourth-order valence-corrected chi connectivity index (χ4v) is 2.19. The summed E-state index contributed by atoms with van der Waals surface area (Å²) < 4.78 is 0.835. The second kappa shape index (κ2) is 3.13. The van der Waals surface area contributed by atoms with Crippen LogP contribution in [0.4, 0.5) is 0 Å². The van der Waals surface area contributed by atoms with E-state index in [2.05, 4.69) is 0 Å². The molecule has 0 amide bonds. The number of carbonyl (C=O) groups is 1. The Morgan fingerprint density at radius 2 is 2.29 bits per heavy atom. The fraction of sp³-hybridized carbons (Fsp3) is 0. The third kappa shape index (κ3) is 1.24. The Hall–Kier alpha value is -1.86. The van der Waals surface area contributed by atoms with Gasteiger partial charge in [-0.15, -0.1) is 11.3 Å². The summed E-state index contributed by atoms with van der Waals surface area (Å²) in [6, 6.07) is 8.83. The first-order valence-corrected chi connectivity index (χ1v) is 4.70. The number of benzene rings is 1. The molecule has 2 rings (SSSR count). The van der Waals surface area contributed by atoms with Gasteiger partial charge in [-0.05, 0) is 18.2 Å². The number of hydrogen-bond donors (Lipinski definition) is 1. The molecular weight excluding hydrogens is 198 g/mol. The van der Waals surface area contributed by atoms with Gasteiger partial charge in [0.15, 0.2) is 0 Å². The molecule has 0 fully saturated rings. The van der Waals surface area contributed by atoms with Gasteiger partial charge in [0.05, 0.1) is 11.6 Å². The lowest BCUT2D eigenvalue weighted by molar-refractivity contribution is 0.0702. The topological polar surface area (TPSA) is 61.1 Å². The van der Waals surface area contributed by atoms with E-state index in [0.717, 1.165) is 10.1 Å². The second-order valence-corrected chi connectivity index (χ2v) is 3.83. The summed E-state index contributed by atoms with van der Waals surface area (Å²) in [7, 11) is 0. The van der Waals surface area contributed by atoms with Crippen molar-refractivity contribution in [3.63, 3.8) is 0 Å². The molecule has 0 bridgehead atoms. The van der Waals surface area contributed by atoms with Crippen molar-refractivity contribution < 1.29 is 9.90 Å². The van der Waals surface area contributed by atoms with Crippen LogP contribution in [-0.4, -0.2) is 11.1 Å². The molecule has 3 nitrogen and oxygen atoms in total. The Morgan fingerprint density at radius 3 is 2.93 bits per heavy atom. The largest absolute Gasteiger partial charge is 0.477 e. The third-order valence-electron chi connectivity index (χ3n) is 1.89. The minimum atomic E-state index is -0.949. The second-order valence-electron chi connectivity index (χ2n) is 2.74. The number of carboxylic acid groups (broad SMARTS) is 1. The molecule has 4 heteroatoms. The number of aromatic carboxylic acids is 1. The first-order chi connectivity index (χ1) is 6.72. The summed E-state index contributed by atoms with van der Waals surface area (Å²) in [5, 5.41) is 18.3. The molecule has 0 aliphatic carbocycles. The average molecular weight is 203 g/mol. The van der Waals surface area contributed by atoms with Gasteiger partial charge in [-0.2, -0.15) is 5.26 Å². The van der Waals surface area contributed by atoms with Gasteiger partial charge in [0, 0.05) is 10.1 Å². The van der Waals surface area contributed by atoms with Gasteiger partial charge in [-0.25, -0.2) is 4.79 Å². The average Bonchev–Trinajstić information content (AvgIpc) is 2.60. The van der Waals surface area contributed by atoms with E-state index < -0.39 is 5.97 Å². The monoisotopic (exact) mass is 203 g/mol. The normalized spacial score (nSPS) is 9.93. The van der Waals surface area contributed by atoms with E-state index in [1.54, 1.807) is 18.2 Å². The highest BCUT2D eigenvalue weighted by atomic mass is 32.1. The minimum absolute atomic E-state index is 0.266. The molecule has 0 atom stereocenters. The quantitative estimate of drug-likeness (QED) is 0.774. The molecule has 0 aliphatic heterocycles. The summed E-state index contributed by atoms with van der Waals surface area (Å²) >= 11 is 1.18. The lowest BCUT2D eigenvalue weighted by atomic mass is 10.1. The van der Waals surface area contributed by atoms with E-state index in [0.29, 0.717) is 5.56 Å². The maximum absolute atomic E-state index is 10.7. The van der Waals surface area contributed by atoms with Crippen molar-refractivity contribution in [2.24, 2.45) is 0 Å². The molecule has 0 unspecified atom stereocenters. The van der Waals surface area contributed by atoms with Gasteiger partial charge in [-0.3, -0.25) is 0 Å². The van der Waals surface area contributed by atoms with Crippen LogP contribution in [0.5, 0.6) is 0 Å². The predicted octanol–water partition coefficient (Wildman–Crippen LogP) is 2.47. The highest BCUT2D eigenvalue weighted by Crippen LogP contribution is 2.27. The molecule has 68 valence electrons. The lowest BCUT2D eigenvalue weighted by Gasteiger charge is -1.89. The Labute approximate surface area is 83.8 Å². The van der Waals surface area contributed by atoms with Crippen LogP contribution >= 0.6 is 11.3 Å². The first-order valence-electron chi connectivity index (χ1n) is 3.88. The van der Waals surface area contributed by atoms with Gasteiger partial charge in [-0.1, -0.05) is 6.07 Å². The zero-order chi connectivity index (χ0) is 10.1. The Morgan fingerprint density at radius 1 is 1.50 bits per heavy atom. The summed E-state index contributed by atoms with van der Waals surface area (Å²) in [6.07, 6.45) is 0.